The van der Waals surface area contributed by atoms with Gasteiger partial charge in [-0.1, -0.05) is 17.3 Å². The van der Waals surface area contributed by atoms with Crippen molar-refractivity contribution in [1.82, 2.24) is 10.5 Å². The maximum atomic E-state index is 11.8. The number of ether oxygens (including phenoxy) is 2. The molecule has 1 N–H and O–H groups in total. The van der Waals surface area contributed by atoms with Gasteiger partial charge >= 0.3 is 0 Å². The number of rotatable bonds is 6. The molecule has 0 saturated carbocycles. The van der Waals surface area contributed by atoms with E-state index in [9.17, 15) is 4.79 Å². The second-order valence-corrected chi connectivity index (χ2v) is 6.59. The topological polar surface area (TPSA) is 73.6 Å². The maximum Gasteiger partial charge on any atom is 0.226 e. The van der Waals surface area contributed by atoms with E-state index < -0.39 is 0 Å². The zero-order valence-electron chi connectivity index (χ0n) is 14.2. The van der Waals surface area contributed by atoms with Crippen LogP contribution in [-0.4, -0.2) is 29.8 Å². The molecule has 1 aliphatic heterocycles. The average molecular weight is 330 g/mol. The summed E-state index contributed by atoms with van der Waals surface area (Å²) in [4.78, 5) is 11.8. The highest BCUT2D eigenvalue weighted by Crippen LogP contribution is 2.41. The predicted molar refractivity (Wildman–Crippen MR) is 88.3 cm³/mol. The Morgan fingerprint density at radius 1 is 1.42 bits per heavy atom. The van der Waals surface area contributed by atoms with E-state index in [0.717, 1.165) is 23.5 Å². The first-order valence-electron chi connectivity index (χ1n) is 8.05. The number of hydrogen-bond donors (Lipinski definition) is 1. The molecule has 0 fully saturated rings. The van der Waals surface area contributed by atoms with Gasteiger partial charge in [0.1, 0.15) is 18.0 Å². The molecule has 2 aromatic rings. The zero-order chi connectivity index (χ0) is 17.2. The van der Waals surface area contributed by atoms with Crippen LogP contribution in [0.5, 0.6) is 11.5 Å². The summed E-state index contributed by atoms with van der Waals surface area (Å²) >= 11 is 0. The van der Waals surface area contributed by atoms with Gasteiger partial charge in [0, 0.05) is 18.1 Å². The Morgan fingerprint density at radius 3 is 3.00 bits per heavy atom. The van der Waals surface area contributed by atoms with E-state index in [0.29, 0.717) is 24.6 Å². The molecule has 1 aliphatic rings. The smallest absolute Gasteiger partial charge is 0.226 e. The van der Waals surface area contributed by atoms with E-state index >= 15 is 0 Å². The SMILES string of the molecule is Cc1cc(CC(=O)NCCOc2cccc3c2OC(C)(C)C3)no1. The standard InChI is InChI=1S/C18H22N2O4/c1-12-9-14(20-24-12)10-16(21)19-7-8-22-15-6-4-5-13-11-18(2,3)23-17(13)15/h4-6,9H,7-8,10-11H2,1-3H3,(H,19,21). The van der Waals surface area contributed by atoms with Crippen molar-refractivity contribution >= 4 is 5.91 Å². The lowest BCUT2D eigenvalue weighted by Crippen LogP contribution is -2.29. The molecule has 1 amide bonds. The minimum absolute atomic E-state index is 0.109. The van der Waals surface area contributed by atoms with Crippen LogP contribution in [0.2, 0.25) is 0 Å². The van der Waals surface area contributed by atoms with Gasteiger partial charge in [-0.2, -0.15) is 0 Å². The lowest BCUT2D eigenvalue weighted by atomic mass is 10.0. The molecule has 24 heavy (non-hydrogen) atoms. The van der Waals surface area contributed by atoms with E-state index in [1.165, 1.54) is 0 Å². The summed E-state index contributed by atoms with van der Waals surface area (Å²) in [6, 6.07) is 7.66. The van der Waals surface area contributed by atoms with Crippen molar-refractivity contribution in [2.75, 3.05) is 13.2 Å². The Labute approximate surface area is 141 Å². The molecular weight excluding hydrogens is 308 g/mol. The monoisotopic (exact) mass is 330 g/mol. The summed E-state index contributed by atoms with van der Waals surface area (Å²) in [6.07, 6.45) is 1.07. The van der Waals surface area contributed by atoms with E-state index in [-0.39, 0.29) is 17.9 Å². The fraction of sp³-hybridized carbons (Fsp3) is 0.444. The number of benzene rings is 1. The number of nitrogens with zero attached hydrogens (tertiary/aromatic N) is 1. The molecule has 0 radical (unpaired) electrons. The van der Waals surface area contributed by atoms with Crippen molar-refractivity contribution in [1.29, 1.82) is 0 Å². The highest BCUT2D eigenvalue weighted by molar-refractivity contribution is 5.78. The summed E-state index contributed by atoms with van der Waals surface area (Å²) in [5.41, 5.74) is 1.58. The van der Waals surface area contributed by atoms with Gasteiger partial charge in [0.2, 0.25) is 5.91 Å². The Morgan fingerprint density at radius 2 is 2.25 bits per heavy atom. The number of aromatic nitrogens is 1. The molecule has 3 rings (SSSR count). The first-order chi connectivity index (χ1) is 11.4. The molecule has 1 aromatic heterocycles. The van der Waals surface area contributed by atoms with Crippen LogP contribution in [0.25, 0.3) is 0 Å². The minimum atomic E-state index is -0.203. The van der Waals surface area contributed by atoms with Crippen molar-refractivity contribution in [3.8, 4) is 11.5 Å². The molecule has 2 heterocycles. The molecule has 1 aromatic carbocycles. The predicted octanol–water partition coefficient (Wildman–Crippen LogP) is 2.43. The fourth-order valence-corrected chi connectivity index (χ4v) is 2.78. The van der Waals surface area contributed by atoms with Crippen LogP contribution in [0, 0.1) is 6.92 Å². The lowest BCUT2D eigenvalue weighted by molar-refractivity contribution is -0.120. The quantitative estimate of drug-likeness (QED) is 0.824. The molecule has 0 atom stereocenters. The first-order valence-corrected chi connectivity index (χ1v) is 8.05. The maximum absolute atomic E-state index is 11.8. The van der Waals surface area contributed by atoms with Gasteiger partial charge < -0.3 is 19.3 Å². The summed E-state index contributed by atoms with van der Waals surface area (Å²) in [6.45, 7) is 6.71. The number of carbonyl (C=O) groups excluding carboxylic acids is 1. The largest absolute Gasteiger partial charge is 0.488 e. The summed E-state index contributed by atoms with van der Waals surface area (Å²) < 4.78 is 16.7. The van der Waals surface area contributed by atoms with Crippen LogP contribution in [0.3, 0.4) is 0 Å². The van der Waals surface area contributed by atoms with Gasteiger partial charge in [0.25, 0.3) is 0 Å². The number of hydrogen-bond acceptors (Lipinski definition) is 5. The third kappa shape index (κ3) is 3.88. The Hall–Kier alpha value is -2.50. The van der Waals surface area contributed by atoms with Gasteiger partial charge in [-0.15, -0.1) is 0 Å². The number of fused-ring (bicyclic) bond motifs is 1. The molecule has 0 aliphatic carbocycles. The van der Waals surface area contributed by atoms with E-state index in [1.54, 1.807) is 13.0 Å². The number of amides is 1. The van der Waals surface area contributed by atoms with E-state index in [2.05, 4.69) is 30.4 Å². The average Bonchev–Trinajstić information content (AvgIpc) is 3.05. The van der Waals surface area contributed by atoms with Crippen molar-refractivity contribution in [3.63, 3.8) is 0 Å². The Bertz CT molecular complexity index is 736. The third-order valence-electron chi connectivity index (χ3n) is 3.76. The highest BCUT2D eigenvalue weighted by Gasteiger charge is 2.32. The fourth-order valence-electron chi connectivity index (χ4n) is 2.78. The first kappa shape index (κ1) is 16.4. The summed E-state index contributed by atoms with van der Waals surface area (Å²) in [5.74, 6) is 2.12. The summed E-state index contributed by atoms with van der Waals surface area (Å²) in [7, 11) is 0. The number of nitrogens with one attached hydrogen (secondary N) is 1. The zero-order valence-corrected chi connectivity index (χ0v) is 14.2. The van der Waals surface area contributed by atoms with Crippen LogP contribution >= 0.6 is 0 Å². The second kappa shape index (κ2) is 6.55. The second-order valence-electron chi connectivity index (χ2n) is 6.59. The van der Waals surface area contributed by atoms with Crippen molar-refractivity contribution in [2.24, 2.45) is 0 Å². The van der Waals surface area contributed by atoms with Gasteiger partial charge in [0.05, 0.1) is 18.7 Å². The number of carbonyl (C=O) groups is 1. The number of para-hydroxylation sites is 1. The molecule has 6 nitrogen and oxygen atoms in total. The van der Waals surface area contributed by atoms with Crippen LogP contribution in [-0.2, 0) is 17.6 Å². The summed E-state index contributed by atoms with van der Waals surface area (Å²) in [5, 5.41) is 6.61. The molecule has 0 unspecified atom stereocenters. The van der Waals surface area contributed by atoms with Crippen LogP contribution in [0.4, 0.5) is 0 Å². The van der Waals surface area contributed by atoms with Crippen LogP contribution in [0.15, 0.2) is 28.8 Å². The highest BCUT2D eigenvalue weighted by atomic mass is 16.5. The molecule has 0 spiro atoms. The minimum Gasteiger partial charge on any atom is -0.488 e. The Kier molecular flexibility index (Phi) is 4.46. The molecule has 0 bridgehead atoms. The van der Waals surface area contributed by atoms with Gasteiger partial charge in [-0.05, 0) is 26.8 Å². The number of aryl methyl sites for hydroxylation is 1. The van der Waals surface area contributed by atoms with Gasteiger partial charge in [-0.25, -0.2) is 0 Å². The van der Waals surface area contributed by atoms with Gasteiger partial charge in [-0.3, -0.25) is 4.79 Å². The molecular formula is C18H22N2O4. The third-order valence-corrected chi connectivity index (χ3v) is 3.76. The van der Waals surface area contributed by atoms with E-state index in [4.69, 9.17) is 14.0 Å². The van der Waals surface area contributed by atoms with Crippen LogP contribution in [0.1, 0.15) is 30.9 Å². The Balaban J connectivity index is 1.46. The van der Waals surface area contributed by atoms with Crippen LogP contribution < -0.4 is 14.8 Å². The van der Waals surface area contributed by atoms with Gasteiger partial charge in [0.15, 0.2) is 11.5 Å². The van der Waals surface area contributed by atoms with Crippen molar-refractivity contribution < 1.29 is 18.8 Å². The lowest BCUT2D eigenvalue weighted by Gasteiger charge is -2.18. The van der Waals surface area contributed by atoms with E-state index in [1.807, 2.05) is 12.1 Å². The van der Waals surface area contributed by atoms with Crippen molar-refractivity contribution in [2.45, 2.75) is 39.2 Å². The molecule has 128 valence electrons. The normalized spacial score (nSPS) is 14.8. The molecule has 6 heteroatoms. The van der Waals surface area contributed by atoms with Crippen molar-refractivity contribution in [3.05, 3.63) is 41.3 Å². The molecule has 0 saturated heterocycles.